The molecule has 2 aromatic rings. The van der Waals surface area contributed by atoms with E-state index in [0.717, 1.165) is 29.3 Å². The van der Waals surface area contributed by atoms with Crippen molar-refractivity contribution in [2.45, 2.75) is 38.8 Å². The van der Waals surface area contributed by atoms with Crippen molar-refractivity contribution in [3.05, 3.63) is 45.4 Å². The van der Waals surface area contributed by atoms with E-state index in [1.165, 1.54) is 10.4 Å². The molecular formula is C15H18N2OS. The zero-order valence-electron chi connectivity index (χ0n) is 11.2. The molecule has 1 aliphatic heterocycles. The first-order valence-corrected chi connectivity index (χ1v) is 7.38. The average molecular weight is 274 g/mol. The molecule has 2 unspecified atom stereocenters. The monoisotopic (exact) mass is 274 g/mol. The second-order valence-electron chi connectivity index (χ2n) is 5.09. The van der Waals surface area contributed by atoms with Gasteiger partial charge in [0.2, 0.25) is 0 Å². The van der Waals surface area contributed by atoms with Gasteiger partial charge in [0.05, 0.1) is 10.7 Å². The molecule has 100 valence electrons. The summed E-state index contributed by atoms with van der Waals surface area (Å²) in [5.74, 6) is 0.981. The van der Waals surface area contributed by atoms with Crippen LogP contribution in [0.25, 0.3) is 0 Å². The summed E-state index contributed by atoms with van der Waals surface area (Å²) in [6.07, 6.45) is 1.76. The molecule has 1 aromatic carbocycles. The van der Waals surface area contributed by atoms with Crippen LogP contribution in [0.1, 0.15) is 21.1 Å². The topological polar surface area (TPSA) is 48.1 Å². The number of para-hydroxylation sites is 1. The fourth-order valence-corrected chi connectivity index (χ4v) is 3.41. The summed E-state index contributed by atoms with van der Waals surface area (Å²) in [5.41, 5.74) is 8.66. The molecule has 0 amide bonds. The van der Waals surface area contributed by atoms with E-state index >= 15 is 0 Å². The highest BCUT2D eigenvalue weighted by molar-refractivity contribution is 7.11. The first-order chi connectivity index (χ1) is 9.13. The van der Waals surface area contributed by atoms with Crippen molar-refractivity contribution in [2.75, 3.05) is 0 Å². The van der Waals surface area contributed by atoms with E-state index in [9.17, 15) is 0 Å². The molecule has 1 aromatic heterocycles. The molecule has 4 heteroatoms. The quantitative estimate of drug-likeness (QED) is 0.936. The summed E-state index contributed by atoms with van der Waals surface area (Å²) in [7, 11) is 0. The molecular weight excluding hydrogens is 256 g/mol. The van der Waals surface area contributed by atoms with Crippen LogP contribution in [0, 0.1) is 13.8 Å². The van der Waals surface area contributed by atoms with Crippen molar-refractivity contribution in [3.63, 3.8) is 0 Å². The fraction of sp³-hybridized carbons (Fsp3) is 0.400. The molecule has 0 radical (unpaired) electrons. The Kier molecular flexibility index (Phi) is 3.29. The number of nitrogens with zero attached hydrogens (tertiary/aromatic N) is 1. The Labute approximate surface area is 117 Å². The van der Waals surface area contributed by atoms with Gasteiger partial charge < -0.3 is 10.5 Å². The third kappa shape index (κ3) is 2.51. The molecule has 0 aliphatic carbocycles. The van der Waals surface area contributed by atoms with Crippen LogP contribution in [0.5, 0.6) is 5.75 Å². The maximum Gasteiger partial charge on any atom is 0.123 e. The van der Waals surface area contributed by atoms with Gasteiger partial charge in [-0.15, -0.1) is 11.3 Å². The van der Waals surface area contributed by atoms with E-state index in [2.05, 4.69) is 18.0 Å². The van der Waals surface area contributed by atoms with Gasteiger partial charge in [0, 0.05) is 23.8 Å². The molecule has 0 saturated heterocycles. The zero-order valence-corrected chi connectivity index (χ0v) is 12.0. The standard InChI is InChI=1S/C15H18N2OS/c1-9-10(2)19-15(17-9)8-12(16)14-7-11-5-3-4-6-13(11)18-14/h3-6,12,14H,7-8,16H2,1-2H3. The van der Waals surface area contributed by atoms with E-state index in [4.69, 9.17) is 10.5 Å². The smallest absolute Gasteiger partial charge is 0.123 e. The first kappa shape index (κ1) is 12.6. The van der Waals surface area contributed by atoms with Gasteiger partial charge >= 0.3 is 0 Å². The summed E-state index contributed by atoms with van der Waals surface area (Å²) >= 11 is 1.74. The summed E-state index contributed by atoms with van der Waals surface area (Å²) in [6, 6.07) is 8.17. The SMILES string of the molecule is Cc1nc(CC(N)C2Cc3ccccc3O2)sc1C. The minimum absolute atomic E-state index is 0.00245. The lowest BCUT2D eigenvalue weighted by Crippen LogP contribution is -2.39. The Balaban J connectivity index is 1.68. The number of nitrogens with two attached hydrogens (primary N) is 1. The van der Waals surface area contributed by atoms with Crippen molar-refractivity contribution < 1.29 is 4.74 Å². The van der Waals surface area contributed by atoms with Crippen molar-refractivity contribution in [2.24, 2.45) is 5.73 Å². The predicted octanol–water partition coefficient (Wildman–Crippen LogP) is 2.63. The lowest BCUT2D eigenvalue weighted by molar-refractivity contribution is 0.198. The van der Waals surface area contributed by atoms with Crippen LogP contribution in [0.15, 0.2) is 24.3 Å². The number of aryl methyl sites for hydroxylation is 2. The Bertz CT molecular complexity index is 549. The van der Waals surface area contributed by atoms with Gasteiger partial charge in [-0.1, -0.05) is 18.2 Å². The summed E-state index contributed by atoms with van der Waals surface area (Å²) in [4.78, 5) is 5.83. The number of fused-ring (bicyclic) bond motifs is 1. The van der Waals surface area contributed by atoms with Crippen LogP contribution < -0.4 is 10.5 Å². The largest absolute Gasteiger partial charge is 0.488 e. The van der Waals surface area contributed by atoms with Crippen molar-refractivity contribution in [1.29, 1.82) is 0 Å². The summed E-state index contributed by atoms with van der Waals surface area (Å²) in [5, 5.41) is 1.11. The first-order valence-electron chi connectivity index (χ1n) is 6.56. The number of hydrogen-bond donors (Lipinski definition) is 1. The summed E-state index contributed by atoms with van der Waals surface area (Å²) < 4.78 is 5.93. The third-order valence-electron chi connectivity index (χ3n) is 3.63. The fourth-order valence-electron chi connectivity index (χ4n) is 2.41. The van der Waals surface area contributed by atoms with Gasteiger partial charge in [-0.05, 0) is 25.5 Å². The molecule has 0 saturated carbocycles. The second-order valence-corrected chi connectivity index (χ2v) is 6.37. The Morgan fingerprint density at radius 3 is 2.89 bits per heavy atom. The van der Waals surface area contributed by atoms with Gasteiger partial charge in [0.15, 0.2) is 0 Å². The number of hydrogen-bond acceptors (Lipinski definition) is 4. The molecule has 0 fully saturated rings. The van der Waals surface area contributed by atoms with E-state index in [-0.39, 0.29) is 12.1 Å². The summed E-state index contributed by atoms with van der Waals surface area (Å²) in [6.45, 7) is 4.15. The highest BCUT2D eigenvalue weighted by Crippen LogP contribution is 2.30. The van der Waals surface area contributed by atoms with Gasteiger partial charge in [-0.3, -0.25) is 0 Å². The average Bonchev–Trinajstić information content (AvgIpc) is 2.93. The van der Waals surface area contributed by atoms with Gasteiger partial charge in [0.25, 0.3) is 0 Å². The maximum absolute atomic E-state index is 6.29. The number of rotatable bonds is 3. The van der Waals surface area contributed by atoms with Crippen molar-refractivity contribution >= 4 is 11.3 Å². The number of aromatic nitrogens is 1. The van der Waals surface area contributed by atoms with Crippen LogP contribution in [0.2, 0.25) is 0 Å². The molecule has 2 atom stereocenters. The minimum Gasteiger partial charge on any atom is -0.488 e. The molecule has 1 aliphatic rings. The van der Waals surface area contributed by atoms with Crippen molar-refractivity contribution in [1.82, 2.24) is 4.98 Å². The van der Waals surface area contributed by atoms with Gasteiger partial charge in [0.1, 0.15) is 11.9 Å². The Hall–Kier alpha value is -1.39. The van der Waals surface area contributed by atoms with Crippen LogP contribution in [0.3, 0.4) is 0 Å². The molecule has 0 bridgehead atoms. The molecule has 0 spiro atoms. The Morgan fingerprint density at radius 1 is 1.42 bits per heavy atom. The molecule has 19 heavy (non-hydrogen) atoms. The van der Waals surface area contributed by atoms with E-state index in [1.807, 2.05) is 25.1 Å². The molecule has 3 rings (SSSR count). The van der Waals surface area contributed by atoms with Crippen LogP contribution >= 0.6 is 11.3 Å². The van der Waals surface area contributed by atoms with E-state index in [1.54, 1.807) is 11.3 Å². The van der Waals surface area contributed by atoms with Gasteiger partial charge in [-0.2, -0.15) is 0 Å². The van der Waals surface area contributed by atoms with Crippen molar-refractivity contribution in [3.8, 4) is 5.75 Å². The van der Waals surface area contributed by atoms with E-state index < -0.39 is 0 Å². The van der Waals surface area contributed by atoms with Crippen LogP contribution in [0.4, 0.5) is 0 Å². The van der Waals surface area contributed by atoms with E-state index in [0.29, 0.717) is 0 Å². The molecule has 2 heterocycles. The maximum atomic E-state index is 6.29. The predicted molar refractivity (Wildman–Crippen MR) is 77.8 cm³/mol. The highest BCUT2D eigenvalue weighted by Gasteiger charge is 2.28. The van der Waals surface area contributed by atoms with Crippen LogP contribution in [-0.4, -0.2) is 17.1 Å². The highest BCUT2D eigenvalue weighted by atomic mass is 32.1. The number of thiazole rings is 1. The Morgan fingerprint density at radius 2 is 2.21 bits per heavy atom. The minimum atomic E-state index is -0.00245. The van der Waals surface area contributed by atoms with Gasteiger partial charge in [-0.25, -0.2) is 4.98 Å². The number of ether oxygens (including phenoxy) is 1. The number of benzene rings is 1. The second kappa shape index (κ2) is 4.94. The normalized spacial score (nSPS) is 19.0. The lowest BCUT2D eigenvalue weighted by atomic mass is 10.0. The lowest BCUT2D eigenvalue weighted by Gasteiger charge is -2.17. The zero-order chi connectivity index (χ0) is 13.4. The molecule has 2 N–H and O–H groups in total. The third-order valence-corrected chi connectivity index (χ3v) is 4.73. The molecule has 3 nitrogen and oxygen atoms in total. The van der Waals surface area contributed by atoms with Crippen LogP contribution in [-0.2, 0) is 12.8 Å².